The molecule has 2 amide bonds. The Hall–Kier alpha value is -4.83. The summed E-state index contributed by atoms with van der Waals surface area (Å²) in [7, 11) is 2.07. The molecular formula is C29H28FN7O2. The molecule has 1 fully saturated rings. The number of rotatable bonds is 7. The highest BCUT2D eigenvalue weighted by Crippen LogP contribution is 2.32. The van der Waals surface area contributed by atoms with Gasteiger partial charge >= 0.3 is 0 Å². The Labute approximate surface area is 225 Å². The van der Waals surface area contributed by atoms with Gasteiger partial charge in [0.2, 0.25) is 11.9 Å². The normalized spacial score (nSPS) is 13.7. The van der Waals surface area contributed by atoms with Crippen LogP contribution >= 0.6 is 0 Å². The van der Waals surface area contributed by atoms with E-state index in [9.17, 15) is 9.59 Å². The molecule has 0 bridgehead atoms. The van der Waals surface area contributed by atoms with Gasteiger partial charge in [-0.05, 0) is 49.0 Å². The number of carbonyl (C=O) groups excluding carboxylic acids is 2. The molecule has 1 aromatic heterocycles. The number of para-hydroxylation sites is 1. The fraction of sp³-hybridized carbons (Fsp3) is 0.172. The van der Waals surface area contributed by atoms with E-state index in [1.165, 1.54) is 12.1 Å². The summed E-state index contributed by atoms with van der Waals surface area (Å²) in [5.74, 6) is -1.50. The lowest BCUT2D eigenvalue weighted by Crippen LogP contribution is -2.44. The number of hydrogen-bond donors (Lipinski definition) is 3. The van der Waals surface area contributed by atoms with Crippen LogP contribution in [-0.2, 0) is 4.79 Å². The summed E-state index contributed by atoms with van der Waals surface area (Å²) in [5, 5.41) is 6.11. The van der Waals surface area contributed by atoms with Crippen LogP contribution in [0, 0.1) is 5.82 Å². The first-order chi connectivity index (χ1) is 18.8. The Morgan fingerprint density at radius 1 is 1.03 bits per heavy atom. The second kappa shape index (κ2) is 10.9. The third-order valence-electron chi connectivity index (χ3n) is 6.65. The van der Waals surface area contributed by atoms with Crippen molar-refractivity contribution in [2.75, 3.05) is 48.8 Å². The molecule has 0 radical (unpaired) electrons. The zero-order chi connectivity index (χ0) is 27.5. The van der Waals surface area contributed by atoms with Crippen molar-refractivity contribution in [3.05, 3.63) is 84.8 Å². The summed E-state index contributed by atoms with van der Waals surface area (Å²) in [6, 6.07) is 17.5. The Bertz CT molecular complexity index is 1580. The number of fused-ring (bicyclic) bond motifs is 1. The summed E-state index contributed by atoms with van der Waals surface area (Å²) in [5.41, 5.74) is 9.10. The molecule has 1 aliphatic rings. The van der Waals surface area contributed by atoms with Crippen LogP contribution in [0.4, 0.5) is 27.4 Å². The largest absolute Gasteiger partial charge is 0.369 e. The lowest BCUT2D eigenvalue weighted by molar-refractivity contribution is -0.111. The summed E-state index contributed by atoms with van der Waals surface area (Å²) >= 11 is 0. The minimum atomic E-state index is -0.736. The van der Waals surface area contributed by atoms with Crippen LogP contribution in [0.2, 0.25) is 0 Å². The highest BCUT2D eigenvalue weighted by molar-refractivity contribution is 6.08. The van der Waals surface area contributed by atoms with Gasteiger partial charge in [-0.15, -0.1) is 0 Å². The van der Waals surface area contributed by atoms with Crippen molar-refractivity contribution in [3.63, 3.8) is 0 Å². The average molecular weight is 526 g/mol. The van der Waals surface area contributed by atoms with Gasteiger partial charge in [-0.2, -0.15) is 0 Å². The number of likely N-dealkylation sites (N-methyl/N-ethyl adjacent to an activating group) is 1. The first kappa shape index (κ1) is 25.8. The van der Waals surface area contributed by atoms with Gasteiger partial charge < -0.3 is 26.2 Å². The molecule has 198 valence electrons. The summed E-state index contributed by atoms with van der Waals surface area (Å²) in [6.45, 7) is 6.94. The van der Waals surface area contributed by atoms with Gasteiger partial charge in [-0.25, -0.2) is 14.4 Å². The second-order valence-corrected chi connectivity index (χ2v) is 9.32. The average Bonchev–Trinajstić information content (AvgIpc) is 2.94. The number of nitrogens with one attached hydrogen (secondary N) is 2. The van der Waals surface area contributed by atoms with Crippen LogP contribution in [0.25, 0.3) is 22.0 Å². The monoisotopic (exact) mass is 525 g/mol. The van der Waals surface area contributed by atoms with E-state index >= 15 is 4.39 Å². The van der Waals surface area contributed by atoms with Gasteiger partial charge in [0.15, 0.2) is 0 Å². The molecule has 4 aromatic rings. The second-order valence-electron chi connectivity index (χ2n) is 9.32. The van der Waals surface area contributed by atoms with E-state index in [0.717, 1.165) is 37.4 Å². The van der Waals surface area contributed by atoms with Gasteiger partial charge in [-0.1, -0.05) is 36.9 Å². The number of primary amides is 1. The number of nitrogens with two attached hydrogens (primary N) is 1. The minimum absolute atomic E-state index is 0.00919. The number of piperazine rings is 1. The van der Waals surface area contributed by atoms with Crippen molar-refractivity contribution in [1.29, 1.82) is 0 Å². The lowest BCUT2D eigenvalue weighted by atomic mass is 10.0. The van der Waals surface area contributed by atoms with Crippen molar-refractivity contribution in [1.82, 2.24) is 14.9 Å². The van der Waals surface area contributed by atoms with Gasteiger partial charge in [0, 0.05) is 48.5 Å². The standard InChI is InChI=1S/C29H28FN7O2/c1-3-25(38)32-19-7-4-6-18(16-19)21-8-5-9-22-26(21)34-29(35-27(22)28(31)39)33-24-11-10-20(17-23(24)30)37-14-12-36(2)13-15-37/h3-11,16-17H,1,12-15H2,2H3,(H2,31,39)(H,32,38)(H,33,34,35). The van der Waals surface area contributed by atoms with E-state index in [4.69, 9.17) is 5.73 Å². The van der Waals surface area contributed by atoms with Crippen molar-refractivity contribution >= 4 is 45.7 Å². The quantitative estimate of drug-likeness (QED) is 0.310. The number of anilines is 4. The molecule has 2 heterocycles. The molecule has 9 nitrogen and oxygen atoms in total. The van der Waals surface area contributed by atoms with Crippen LogP contribution in [0.3, 0.4) is 0 Å². The topological polar surface area (TPSA) is 116 Å². The predicted octanol–water partition coefficient (Wildman–Crippen LogP) is 4.15. The molecule has 4 N–H and O–H groups in total. The third kappa shape index (κ3) is 5.55. The molecule has 10 heteroatoms. The van der Waals surface area contributed by atoms with E-state index in [2.05, 4.69) is 44.0 Å². The van der Waals surface area contributed by atoms with Crippen molar-refractivity contribution in [3.8, 4) is 11.1 Å². The minimum Gasteiger partial charge on any atom is -0.369 e. The van der Waals surface area contributed by atoms with Crippen LogP contribution in [0.5, 0.6) is 0 Å². The van der Waals surface area contributed by atoms with Gasteiger partial charge in [0.05, 0.1) is 11.2 Å². The summed E-state index contributed by atoms with van der Waals surface area (Å²) in [6.07, 6.45) is 1.19. The van der Waals surface area contributed by atoms with E-state index < -0.39 is 11.7 Å². The molecule has 1 saturated heterocycles. The lowest BCUT2D eigenvalue weighted by Gasteiger charge is -2.34. The Morgan fingerprint density at radius 3 is 2.51 bits per heavy atom. The molecule has 0 aliphatic carbocycles. The fourth-order valence-electron chi connectivity index (χ4n) is 4.57. The molecule has 0 saturated carbocycles. The SMILES string of the molecule is C=CC(=O)Nc1cccc(-c2cccc3c(C(N)=O)nc(Nc4ccc(N5CCN(C)CC5)cc4F)nc23)c1. The Morgan fingerprint density at radius 2 is 1.79 bits per heavy atom. The number of benzene rings is 3. The zero-order valence-electron chi connectivity index (χ0n) is 21.4. The van der Waals surface area contributed by atoms with E-state index in [0.29, 0.717) is 22.2 Å². The van der Waals surface area contributed by atoms with Gasteiger partial charge in [-0.3, -0.25) is 9.59 Å². The number of halogens is 1. The summed E-state index contributed by atoms with van der Waals surface area (Å²) < 4.78 is 15.2. The maximum absolute atomic E-state index is 15.2. The van der Waals surface area contributed by atoms with Crippen molar-refractivity contribution in [2.45, 2.75) is 0 Å². The maximum atomic E-state index is 15.2. The van der Waals surface area contributed by atoms with Crippen molar-refractivity contribution < 1.29 is 14.0 Å². The van der Waals surface area contributed by atoms with E-state index in [-0.39, 0.29) is 23.2 Å². The fourth-order valence-corrected chi connectivity index (χ4v) is 4.57. The maximum Gasteiger partial charge on any atom is 0.268 e. The molecule has 5 rings (SSSR count). The van der Waals surface area contributed by atoms with E-state index in [1.807, 2.05) is 18.2 Å². The van der Waals surface area contributed by atoms with Gasteiger partial charge in [0.25, 0.3) is 5.91 Å². The molecule has 0 unspecified atom stereocenters. The zero-order valence-corrected chi connectivity index (χ0v) is 21.4. The number of nitrogens with zero attached hydrogens (tertiary/aromatic N) is 4. The molecule has 0 atom stereocenters. The highest BCUT2D eigenvalue weighted by atomic mass is 19.1. The number of carbonyl (C=O) groups is 2. The van der Waals surface area contributed by atoms with E-state index in [1.54, 1.807) is 36.4 Å². The molecule has 3 aromatic carbocycles. The number of hydrogen-bond acceptors (Lipinski definition) is 7. The van der Waals surface area contributed by atoms with Crippen molar-refractivity contribution in [2.24, 2.45) is 5.73 Å². The number of aromatic nitrogens is 2. The predicted molar refractivity (Wildman–Crippen MR) is 152 cm³/mol. The van der Waals surface area contributed by atoms with Crippen LogP contribution < -0.4 is 21.3 Å². The number of amides is 2. The molecule has 39 heavy (non-hydrogen) atoms. The van der Waals surface area contributed by atoms with Gasteiger partial charge in [0.1, 0.15) is 11.5 Å². The first-order valence-corrected chi connectivity index (χ1v) is 12.5. The smallest absolute Gasteiger partial charge is 0.268 e. The third-order valence-corrected chi connectivity index (χ3v) is 6.65. The first-order valence-electron chi connectivity index (χ1n) is 12.5. The molecule has 1 aliphatic heterocycles. The Kier molecular flexibility index (Phi) is 7.20. The highest BCUT2D eigenvalue weighted by Gasteiger charge is 2.19. The molecule has 0 spiro atoms. The Balaban J connectivity index is 1.52. The molecular weight excluding hydrogens is 497 g/mol. The van der Waals surface area contributed by atoms with Crippen LogP contribution in [0.1, 0.15) is 10.5 Å². The van der Waals surface area contributed by atoms with Crippen LogP contribution in [0.15, 0.2) is 73.3 Å². The summed E-state index contributed by atoms with van der Waals surface area (Å²) in [4.78, 5) is 37.5. The van der Waals surface area contributed by atoms with Crippen LogP contribution in [-0.4, -0.2) is 59.9 Å².